The molecule has 0 atom stereocenters. The average molecular weight is 155 g/mol. The summed E-state index contributed by atoms with van der Waals surface area (Å²) >= 11 is 0. The third-order valence-corrected chi connectivity index (χ3v) is 1.29. The minimum atomic E-state index is -1.07. The van der Waals surface area contributed by atoms with Gasteiger partial charge in [-0.15, -0.1) is 0 Å². The van der Waals surface area contributed by atoms with Gasteiger partial charge in [-0.1, -0.05) is 6.58 Å². The van der Waals surface area contributed by atoms with Crippen molar-refractivity contribution in [3.8, 4) is 0 Å². The van der Waals surface area contributed by atoms with Gasteiger partial charge < -0.3 is 0 Å². The molecule has 0 amide bonds. The summed E-state index contributed by atoms with van der Waals surface area (Å²) < 4.78 is 24.7. The Bertz CT molecular complexity index is 294. The summed E-state index contributed by atoms with van der Waals surface area (Å²) in [4.78, 5) is 3.20. The molecule has 0 aliphatic rings. The zero-order valence-corrected chi connectivity index (χ0v) is 6.06. The van der Waals surface area contributed by atoms with E-state index < -0.39 is 11.8 Å². The first-order valence-electron chi connectivity index (χ1n) is 3.08. The van der Waals surface area contributed by atoms with E-state index in [-0.39, 0.29) is 0 Å². The quantitative estimate of drug-likeness (QED) is 0.567. The molecule has 1 aromatic heterocycles. The van der Waals surface area contributed by atoms with Gasteiger partial charge in [0, 0.05) is 6.20 Å². The maximum atomic E-state index is 12.5. The van der Waals surface area contributed by atoms with Crippen LogP contribution in [0.15, 0.2) is 18.8 Å². The largest absolute Gasteiger partial charge is 0.248 e. The smallest absolute Gasteiger partial charge is 0.225 e. The maximum absolute atomic E-state index is 12.5. The molecule has 1 heterocycles. The van der Waals surface area contributed by atoms with Crippen molar-refractivity contribution < 1.29 is 8.78 Å². The van der Waals surface area contributed by atoms with Crippen molar-refractivity contribution in [3.63, 3.8) is 0 Å². The van der Waals surface area contributed by atoms with E-state index in [2.05, 4.69) is 11.6 Å². The molecule has 58 valence electrons. The first kappa shape index (κ1) is 7.85. The fraction of sp³-hybridized carbons (Fsp3) is 0.125. The topological polar surface area (TPSA) is 12.9 Å². The molecule has 1 nitrogen and oxygen atoms in total. The van der Waals surface area contributed by atoms with E-state index in [1.54, 1.807) is 6.92 Å². The molecule has 0 aromatic carbocycles. The fourth-order valence-corrected chi connectivity index (χ4v) is 0.655. The highest BCUT2D eigenvalue weighted by Crippen LogP contribution is 2.12. The Balaban J connectivity index is 3.15. The third kappa shape index (κ3) is 1.61. The SMILES string of the molecule is C=C(C)c1cnc(F)c(F)c1. The first-order chi connectivity index (χ1) is 5.11. The standard InChI is InChI=1S/C8H7F2N/c1-5(2)6-3-7(9)8(10)11-4-6/h3-4H,1H2,2H3. The van der Waals surface area contributed by atoms with Gasteiger partial charge in [0.15, 0.2) is 5.82 Å². The molecule has 11 heavy (non-hydrogen) atoms. The summed E-state index contributed by atoms with van der Waals surface area (Å²) in [5.74, 6) is -2.01. The van der Waals surface area contributed by atoms with Gasteiger partial charge >= 0.3 is 0 Å². The molecule has 1 aromatic rings. The Kier molecular flexibility index (Phi) is 1.98. The van der Waals surface area contributed by atoms with E-state index in [4.69, 9.17) is 0 Å². The summed E-state index contributed by atoms with van der Waals surface area (Å²) in [5, 5.41) is 0. The van der Waals surface area contributed by atoms with Crippen LogP contribution in [0.25, 0.3) is 5.57 Å². The monoisotopic (exact) mass is 155 g/mol. The number of aromatic nitrogens is 1. The fourth-order valence-electron chi connectivity index (χ4n) is 0.655. The normalized spacial score (nSPS) is 9.73. The van der Waals surface area contributed by atoms with Crippen molar-refractivity contribution in [2.24, 2.45) is 0 Å². The molecule has 0 aliphatic carbocycles. The molecule has 3 heteroatoms. The second-order valence-corrected chi connectivity index (χ2v) is 2.28. The van der Waals surface area contributed by atoms with Gasteiger partial charge in [0.1, 0.15) is 0 Å². The number of hydrogen-bond donors (Lipinski definition) is 0. The summed E-state index contributed by atoms with van der Waals surface area (Å²) in [6.45, 7) is 5.27. The van der Waals surface area contributed by atoms with Gasteiger partial charge in [-0.05, 0) is 24.1 Å². The van der Waals surface area contributed by atoms with Crippen molar-refractivity contribution in [1.82, 2.24) is 4.98 Å². The Labute approximate surface area is 63.4 Å². The van der Waals surface area contributed by atoms with Crippen molar-refractivity contribution in [1.29, 1.82) is 0 Å². The van der Waals surface area contributed by atoms with Crippen molar-refractivity contribution in [2.75, 3.05) is 0 Å². The maximum Gasteiger partial charge on any atom is 0.248 e. The van der Waals surface area contributed by atoms with Crippen LogP contribution >= 0.6 is 0 Å². The number of halogens is 2. The Hall–Kier alpha value is -1.25. The number of pyridine rings is 1. The average Bonchev–Trinajstić information content (AvgIpc) is 1.94. The first-order valence-corrected chi connectivity index (χ1v) is 3.08. The van der Waals surface area contributed by atoms with Crippen LogP contribution in [0, 0.1) is 11.8 Å². The minimum Gasteiger partial charge on any atom is -0.225 e. The molecule has 0 unspecified atom stereocenters. The van der Waals surface area contributed by atoms with Crippen molar-refractivity contribution in [2.45, 2.75) is 6.92 Å². The minimum absolute atomic E-state index is 0.518. The zero-order valence-electron chi connectivity index (χ0n) is 6.06. The molecule has 0 saturated carbocycles. The highest BCUT2D eigenvalue weighted by Gasteiger charge is 2.03. The van der Waals surface area contributed by atoms with E-state index in [1.165, 1.54) is 6.20 Å². The van der Waals surface area contributed by atoms with Crippen molar-refractivity contribution in [3.05, 3.63) is 36.2 Å². The van der Waals surface area contributed by atoms with E-state index >= 15 is 0 Å². The molecule has 0 spiro atoms. The van der Waals surface area contributed by atoms with Crippen LogP contribution in [-0.4, -0.2) is 4.98 Å². The zero-order chi connectivity index (χ0) is 8.43. The Morgan fingerprint density at radius 3 is 2.64 bits per heavy atom. The van der Waals surface area contributed by atoms with E-state index in [0.29, 0.717) is 11.1 Å². The molecular formula is C8H7F2N. The molecule has 0 fully saturated rings. The van der Waals surface area contributed by atoms with Gasteiger partial charge in [-0.2, -0.15) is 4.39 Å². The lowest BCUT2D eigenvalue weighted by Gasteiger charge is -1.97. The number of nitrogens with zero attached hydrogens (tertiary/aromatic N) is 1. The van der Waals surface area contributed by atoms with Gasteiger partial charge in [0.2, 0.25) is 5.95 Å². The van der Waals surface area contributed by atoms with Gasteiger partial charge in [0.25, 0.3) is 0 Å². The third-order valence-electron chi connectivity index (χ3n) is 1.29. The Morgan fingerprint density at radius 1 is 1.55 bits per heavy atom. The van der Waals surface area contributed by atoms with Crippen LogP contribution in [0.1, 0.15) is 12.5 Å². The molecule has 0 aliphatic heterocycles. The number of rotatable bonds is 1. The molecule has 0 N–H and O–H groups in total. The van der Waals surface area contributed by atoms with Crippen LogP contribution in [0.5, 0.6) is 0 Å². The molecular weight excluding hydrogens is 148 g/mol. The Morgan fingerprint density at radius 2 is 2.18 bits per heavy atom. The van der Waals surface area contributed by atoms with E-state index in [9.17, 15) is 8.78 Å². The molecule has 0 saturated heterocycles. The second kappa shape index (κ2) is 2.78. The van der Waals surface area contributed by atoms with Gasteiger partial charge in [-0.3, -0.25) is 0 Å². The summed E-state index contributed by atoms with van der Waals surface area (Å²) in [6.07, 6.45) is 1.25. The molecule has 0 bridgehead atoms. The van der Waals surface area contributed by atoms with E-state index in [1.807, 2.05) is 0 Å². The van der Waals surface area contributed by atoms with Crippen molar-refractivity contribution >= 4 is 5.57 Å². The van der Waals surface area contributed by atoms with E-state index in [0.717, 1.165) is 6.07 Å². The van der Waals surface area contributed by atoms with Crippen LogP contribution in [-0.2, 0) is 0 Å². The predicted octanol–water partition coefficient (Wildman–Crippen LogP) is 2.39. The summed E-state index contributed by atoms with van der Waals surface area (Å²) in [7, 11) is 0. The van der Waals surface area contributed by atoms with Gasteiger partial charge in [-0.25, -0.2) is 9.37 Å². The highest BCUT2D eigenvalue weighted by molar-refractivity contribution is 5.60. The van der Waals surface area contributed by atoms with Crippen LogP contribution in [0.4, 0.5) is 8.78 Å². The number of allylic oxidation sites excluding steroid dienone is 1. The highest BCUT2D eigenvalue weighted by atomic mass is 19.2. The second-order valence-electron chi connectivity index (χ2n) is 2.28. The lowest BCUT2D eigenvalue weighted by atomic mass is 10.1. The lowest BCUT2D eigenvalue weighted by Crippen LogP contribution is -1.90. The predicted molar refractivity (Wildman–Crippen MR) is 38.9 cm³/mol. The van der Waals surface area contributed by atoms with Crippen LogP contribution < -0.4 is 0 Å². The summed E-state index contributed by atoms with van der Waals surface area (Å²) in [6, 6.07) is 1.07. The summed E-state index contributed by atoms with van der Waals surface area (Å²) in [5.41, 5.74) is 1.18. The lowest BCUT2D eigenvalue weighted by molar-refractivity contribution is 0.479. The van der Waals surface area contributed by atoms with Gasteiger partial charge in [0.05, 0.1) is 0 Å². The molecule has 1 rings (SSSR count). The number of hydrogen-bond acceptors (Lipinski definition) is 1. The van der Waals surface area contributed by atoms with Crippen LogP contribution in [0.2, 0.25) is 0 Å². The van der Waals surface area contributed by atoms with Crippen LogP contribution in [0.3, 0.4) is 0 Å². The molecule has 0 radical (unpaired) electrons.